The quantitative estimate of drug-likeness (QED) is 0.709. The van der Waals surface area contributed by atoms with Crippen molar-refractivity contribution < 1.29 is 4.79 Å². The summed E-state index contributed by atoms with van der Waals surface area (Å²) in [6.45, 7) is 0.526. The first-order valence-electron chi connectivity index (χ1n) is 7.28. The molecule has 24 heavy (non-hydrogen) atoms. The van der Waals surface area contributed by atoms with E-state index in [1.165, 1.54) is 0 Å². The Labute approximate surface area is 147 Å². The number of nitrogens with zero attached hydrogens (tertiary/aromatic N) is 3. The minimum Gasteiger partial charge on any atom is -0.376 e. The van der Waals surface area contributed by atoms with Crippen LogP contribution >= 0.6 is 15.9 Å². The Hall–Kier alpha value is -2.85. The number of fused-ring (bicyclic) bond motifs is 1. The molecule has 1 aromatic carbocycles. The van der Waals surface area contributed by atoms with Crippen LogP contribution in [-0.4, -0.2) is 21.8 Å². The standard InChI is InChI=1S/C17H14BrN5O/c18-13-3-6-16-22-15(11-23(16)10-13)8-21-17(24)9-20-14-4-1-12(7-19)2-5-14/h1-6,10-11,20H,8-9H2,(H,21,24). The van der Waals surface area contributed by atoms with Crippen LogP contribution in [0.3, 0.4) is 0 Å². The molecular formula is C17H14BrN5O. The second-order valence-electron chi connectivity index (χ2n) is 5.16. The van der Waals surface area contributed by atoms with Crippen molar-refractivity contribution in [1.29, 1.82) is 5.26 Å². The van der Waals surface area contributed by atoms with Crippen LogP contribution in [-0.2, 0) is 11.3 Å². The third kappa shape index (κ3) is 3.91. The molecule has 2 N–H and O–H groups in total. The fourth-order valence-electron chi connectivity index (χ4n) is 2.20. The van der Waals surface area contributed by atoms with E-state index in [9.17, 15) is 4.79 Å². The minimum absolute atomic E-state index is 0.127. The van der Waals surface area contributed by atoms with E-state index in [0.29, 0.717) is 12.1 Å². The molecule has 0 unspecified atom stereocenters. The number of amides is 1. The second-order valence-corrected chi connectivity index (χ2v) is 6.08. The van der Waals surface area contributed by atoms with Gasteiger partial charge in [0.05, 0.1) is 30.4 Å². The highest BCUT2D eigenvalue weighted by molar-refractivity contribution is 9.10. The fourth-order valence-corrected chi connectivity index (χ4v) is 2.55. The number of carbonyl (C=O) groups excluding carboxylic acids is 1. The molecule has 3 rings (SSSR count). The molecule has 3 aromatic rings. The summed E-state index contributed by atoms with van der Waals surface area (Å²) >= 11 is 3.41. The smallest absolute Gasteiger partial charge is 0.239 e. The highest BCUT2D eigenvalue weighted by Crippen LogP contribution is 2.12. The van der Waals surface area contributed by atoms with E-state index in [2.05, 4.69) is 37.6 Å². The Morgan fingerprint density at radius 1 is 1.21 bits per heavy atom. The van der Waals surface area contributed by atoms with Crippen LogP contribution in [0.1, 0.15) is 11.3 Å². The highest BCUT2D eigenvalue weighted by Gasteiger charge is 2.05. The van der Waals surface area contributed by atoms with Gasteiger partial charge in [0.2, 0.25) is 5.91 Å². The lowest BCUT2D eigenvalue weighted by Gasteiger charge is -2.06. The van der Waals surface area contributed by atoms with Crippen molar-refractivity contribution in [3.05, 3.63) is 64.5 Å². The van der Waals surface area contributed by atoms with Crippen molar-refractivity contribution in [3.63, 3.8) is 0 Å². The average Bonchev–Trinajstić information content (AvgIpc) is 3.00. The Morgan fingerprint density at radius 2 is 2.00 bits per heavy atom. The minimum atomic E-state index is -0.127. The molecule has 0 radical (unpaired) electrons. The van der Waals surface area contributed by atoms with E-state index in [1.54, 1.807) is 24.3 Å². The highest BCUT2D eigenvalue weighted by atomic mass is 79.9. The van der Waals surface area contributed by atoms with Gasteiger partial charge < -0.3 is 15.0 Å². The number of rotatable bonds is 5. The number of nitriles is 1. The number of aromatic nitrogens is 2. The molecular weight excluding hydrogens is 370 g/mol. The zero-order valence-electron chi connectivity index (χ0n) is 12.7. The van der Waals surface area contributed by atoms with Gasteiger partial charge in [0.1, 0.15) is 5.65 Å². The van der Waals surface area contributed by atoms with Crippen LogP contribution in [0, 0.1) is 11.3 Å². The lowest BCUT2D eigenvalue weighted by Crippen LogP contribution is -2.29. The molecule has 1 amide bonds. The molecule has 120 valence electrons. The second kappa shape index (κ2) is 7.15. The van der Waals surface area contributed by atoms with Crippen molar-refractivity contribution >= 4 is 33.2 Å². The van der Waals surface area contributed by atoms with Gasteiger partial charge in [-0.05, 0) is 52.3 Å². The molecule has 2 aromatic heterocycles. The first-order chi connectivity index (χ1) is 11.6. The molecule has 0 bridgehead atoms. The molecule has 0 aliphatic rings. The molecule has 0 atom stereocenters. The van der Waals surface area contributed by atoms with Crippen LogP contribution in [0.25, 0.3) is 5.65 Å². The lowest BCUT2D eigenvalue weighted by atomic mass is 10.2. The number of hydrogen-bond acceptors (Lipinski definition) is 4. The van der Waals surface area contributed by atoms with Crippen molar-refractivity contribution in [1.82, 2.24) is 14.7 Å². The van der Waals surface area contributed by atoms with Gasteiger partial charge in [0.15, 0.2) is 0 Å². The van der Waals surface area contributed by atoms with E-state index in [4.69, 9.17) is 5.26 Å². The number of carbonyl (C=O) groups is 1. The number of hydrogen-bond donors (Lipinski definition) is 2. The predicted molar refractivity (Wildman–Crippen MR) is 94.4 cm³/mol. The molecule has 0 aliphatic carbocycles. The maximum atomic E-state index is 11.9. The zero-order valence-corrected chi connectivity index (χ0v) is 14.2. The summed E-state index contributed by atoms with van der Waals surface area (Å²) in [7, 11) is 0. The topological polar surface area (TPSA) is 82.2 Å². The van der Waals surface area contributed by atoms with Gasteiger partial charge in [0.25, 0.3) is 0 Å². The summed E-state index contributed by atoms with van der Waals surface area (Å²) in [5.41, 5.74) is 3.00. The van der Waals surface area contributed by atoms with Crippen molar-refractivity contribution in [3.8, 4) is 6.07 Å². The van der Waals surface area contributed by atoms with Gasteiger partial charge in [-0.2, -0.15) is 5.26 Å². The van der Waals surface area contributed by atoms with E-state index in [0.717, 1.165) is 21.5 Å². The summed E-state index contributed by atoms with van der Waals surface area (Å²) in [4.78, 5) is 16.4. The van der Waals surface area contributed by atoms with Crippen LogP contribution in [0.2, 0.25) is 0 Å². The lowest BCUT2D eigenvalue weighted by molar-refractivity contribution is -0.119. The summed E-state index contributed by atoms with van der Waals surface area (Å²) in [6, 6.07) is 12.8. The molecule has 0 spiro atoms. The van der Waals surface area contributed by atoms with Gasteiger partial charge in [-0.25, -0.2) is 4.98 Å². The molecule has 6 nitrogen and oxygen atoms in total. The number of pyridine rings is 1. The Kier molecular flexibility index (Phi) is 4.77. The number of nitrogens with one attached hydrogen (secondary N) is 2. The van der Waals surface area contributed by atoms with E-state index in [1.807, 2.05) is 28.9 Å². The zero-order chi connectivity index (χ0) is 16.9. The molecule has 0 saturated carbocycles. The third-order valence-electron chi connectivity index (χ3n) is 3.40. The van der Waals surface area contributed by atoms with Crippen LogP contribution in [0.15, 0.2) is 53.3 Å². The first-order valence-corrected chi connectivity index (χ1v) is 8.07. The predicted octanol–water partition coefficient (Wildman–Crippen LogP) is 2.70. The summed E-state index contributed by atoms with van der Waals surface area (Å²) in [5.74, 6) is -0.127. The van der Waals surface area contributed by atoms with Crippen molar-refractivity contribution in [2.75, 3.05) is 11.9 Å². The largest absolute Gasteiger partial charge is 0.376 e. The van der Waals surface area contributed by atoms with Crippen molar-refractivity contribution in [2.45, 2.75) is 6.54 Å². The van der Waals surface area contributed by atoms with Crippen LogP contribution in [0.5, 0.6) is 0 Å². The van der Waals surface area contributed by atoms with Gasteiger partial charge in [-0.1, -0.05) is 0 Å². The van der Waals surface area contributed by atoms with E-state index < -0.39 is 0 Å². The van der Waals surface area contributed by atoms with Gasteiger partial charge in [-0.3, -0.25) is 4.79 Å². The number of imidazole rings is 1. The summed E-state index contributed by atoms with van der Waals surface area (Å²) in [6.07, 6.45) is 3.80. The average molecular weight is 384 g/mol. The maximum absolute atomic E-state index is 11.9. The molecule has 7 heteroatoms. The first kappa shape index (κ1) is 16.0. The third-order valence-corrected chi connectivity index (χ3v) is 3.87. The normalized spacial score (nSPS) is 10.3. The molecule has 2 heterocycles. The van der Waals surface area contributed by atoms with Gasteiger partial charge >= 0.3 is 0 Å². The SMILES string of the molecule is N#Cc1ccc(NCC(=O)NCc2cn3cc(Br)ccc3n2)cc1. The van der Waals surface area contributed by atoms with Crippen LogP contribution < -0.4 is 10.6 Å². The van der Waals surface area contributed by atoms with E-state index >= 15 is 0 Å². The fraction of sp³-hybridized carbons (Fsp3) is 0.118. The Balaban J connectivity index is 1.51. The molecule has 0 saturated heterocycles. The Morgan fingerprint density at radius 3 is 2.75 bits per heavy atom. The number of halogens is 1. The monoisotopic (exact) mass is 383 g/mol. The molecule has 0 aliphatic heterocycles. The molecule has 0 fully saturated rings. The van der Waals surface area contributed by atoms with Crippen molar-refractivity contribution in [2.24, 2.45) is 0 Å². The summed E-state index contributed by atoms with van der Waals surface area (Å²) < 4.78 is 2.87. The number of anilines is 1. The van der Waals surface area contributed by atoms with Gasteiger partial charge in [-0.15, -0.1) is 0 Å². The maximum Gasteiger partial charge on any atom is 0.239 e. The van der Waals surface area contributed by atoms with Gasteiger partial charge in [0, 0.05) is 22.6 Å². The summed E-state index contributed by atoms with van der Waals surface area (Å²) in [5, 5.41) is 14.6. The Bertz CT molecular complexity index is 911. The van der Waals surface area contributed by atoms with Crippen LogP contribution in [0.4, 0.5) is 5.69 Å². The number of benzene rings is 1. The van der Waals surface area contributed by atoms with E-state index in [-0.39, 0.29) is 12.5 Å².